The zero-order chi connectivity index (χ0) is 11.5. The molecule has 0 radical (unpaired) electrons. The van der Waals surface area contributed by atoms with Crippen LogP contribution in [0.25, 0.3) is 0 Å². The molecule has 0 bridgehead atoms. The third-order valence-electron chi connectivity index (χ3n) is 3.54. The summed E-state index contributed by atoms with van der Waals surface area (Å²) in [5.74, 6) is 0.670. The lowest BCUT2D eigenvalue weighted by molar-refractivity contribution is -0.131. The van der Waals surface area contributed by atoms with Crippen molar-refractivity contribution in [2.24, 2.45) is 5.92 Å². The number of aliphatic hydroxyl groups is 2. The molecule has 3 N–H and O–H groups in total. The normalized spacial score (nSPS) is 34.6. The molecule has 0 saturated carbocycles. The summed E-state index contributed by atoms with van der Waals surface area (Å²) in [6, 6.07) is 0. The Kier molecular flexibility index (Phi) is 3.78. The van der Waals surface area contributed by atoms with E-state index in [-0.39, 0.29) is 19.0 Å². The second-order valence-corrected chi connectivity index (χ2v) is 4.83. The van der Waals surface area contributed by atoms with Gasteiger partial charge in [0.05, 0.1) is 12.2 Å². The number of β-amino-alcohol motifs (C(OH)–C–C–N with tert-alkyl or cyclic N) is 2. The first-order valence-corrected chi connectivity index (χ1v) is 6.01. The minimum atomic E-state index is -0.767. The number of nitrogens with zero attached hydrogens (tertiary/aromatic N) is 1. The minimum Gasteiger partial charge on any atom is -0.388 e. The highest BCUT2D eigenvalue weighted by Gasteiger charge is 2.32. The third kappa shape index (κ3) is 2.72. The van der Waals surface area contributed by atoms with E-state index in [4.69, 9.17) is 0 Å². The molecule has 2 heterocycles. The van der Waals surface area contributed by atoms with Gasteiger partial charge in [0, 0.05) is 19.5 Å². The lowest BCUT2D eigenvalue weighted by atomic mass is 10.0. The molecule has 2 saturated heterocycles. The summed E-state index contributed by atoms with van der Waals surface area (Å²) in [6.45, 7) is 2.63. The molecule has 5 heteroatoms. The zero-order valence-corrected chi connectivity index (χ0v) is 9.43. The van der Waals surface area contributed by atoms with Crippen LogP contribution in [-0.2, 0) is 4.79 Å². The molecule has 2 fully saturated rings. The van der Waals surface area contributed by atoms with E-state index in [1.807, 2.05) is 0 Å². The van der Waals surface area contributed by atoms with Crippen LogP contribution < -0.4 is 5.32 Å². The maximum absolute atomic E-state index is 11.8. The molecule has 0 aromatic rings. The van der Waals surface area contributed by atoms with Gasteiger partial charge in [-0.1, -0.05) is 0 Å². The predicted octanol–water partition coefficient (Wildman–Crippen LogP) is -1.06. The molecule has 2 aliphatic heterocycles. The van der Waals surface area contributed by atoms with E-state index in [0.29, 0.717) is 12.3 Å². The molecular weight excluding hydrogens is 208 g/mol. The molecule has 1 amide bonds. The molecular formula is C11H20N2O3. The fourth-order valence-corrected chi connectivity index (χ4v) is 2.42. The first kappa shape index (κ1) is 11.8. The number of carbonyl (C=O) groups excluding carboxylic acids is 1. The highest BCUT2D eigenvalue weighted by Crippen LogP contribution is 2.17. The Labute approximate surface area is 95.4 Å². The molecule has 0 spiro atoms. The highest BCUT2D eigenvalue weighted by atomic mass is 16.3. The smallest absolute Gasteiger partial charge is 0.222 e. The van der Waals surface area contributed by atoms with Crippen LogP contribution in [0.4, 0.5) is 0 Å². The molecule has 0 aliphatic carbocycles. The van der Waals surface area contributed by atoms with E-state index in [1.165, 1.54) is 0 Å². The molecule has 2 aliphatic rings. The van der Waals surface area contributed by atoms with Crippen molar-refractivity contribution < 1.29 is 15.0 Å². The molecule has 0 aromatic heterocycles. The van der Waals surface area contributed by atoms with Gasteiger partial charge in [0.25, 0.3) is 0 Å². The van der Waals surface area contributed by atoms with Crippen LogP contribution in [-0.4, -0.2) is 59.4 Å². The van der Waals surface area contributed by atoms with Gasteiger partial charge in [-0.05, 0) is 31.8 Å². The maximum Gasteiger partial charge on any atom is 0.222 e. The largest absolute Gasteiger partial charge is 0.388 e. The number of hydrogen-bond donors (Lipinski definition) is 3. The number of rotatable bonds is 3. The summed E-state index contributed by atoms with van der Waals surface area (Å²) >= 11 is 0. The topological polar surface area (TPSA) is 72.8 Å². The lowest BCUT2D eigenvalue weighted by Gasteiger charge is -2.16. The van der Waals surface area contributed by atoms with E-state index in [0.717, 1.165) is 25.9 Å². The predicted molar refractivity (Wildman–Crippen MR) is 58.8 cm³/mol. The van der Waals surface area contributed by atoms with Crippen molar-refractivity contribution in [1.29, 1.82) is 0 Å². The summed E-state index contributed by atoms with van der Waals surface area (Å²) in [6.07, 6.45) is 1.06. The van der Waals surface area contributed by atoms with Crippen LogP contribution in [0.15, 0.2) is 0 Å². The van der Waals surface area contributed by atoms with Gasteiger partial charge >= 0.3 is 0 Å². The van der Waals surface area contributed by atoms with Crippen molar-refractivity contribution in [3.05, 3.63) is 0 Å². The first-order chi connectivity index (χ1) is 7.66. The van der Waals surface area contributed by atoms with E-state index < -0.39 is 12.2 Å². The Morgan fingerprint density at radius 2 is 2.00 bits per heavy atom. The Bertz CT molecular complexity index is 244. The van der Waals surface area contributed by atoms with Crippen molar-refractivity contribution in [3.8, 4) is 0 Å². The molecule has 0 aromatic carbocycles. The van der Waals surface area contributed by atoms with Crippen molar-refractivity contribution >= 4 is 5.91 Å². The van der Waals surface area contributed by atoms with Gasteiger partial charge in [0.15, 0.2) is 0 Å². The zero-order valence-electron chi connectivity index (χ0n) is 9.43. The fourth-order valence-electron chi connectivity index (χ4n) is 2.42. The number of carbonyl (C=O) groups is 1. The van der Waals surface area contributed by atoms with E-state index in [1.54, 1.807) is 4.90 Å². The average Bonchev–Trinajstić information content (AvgIpc) is 2.86. The summed E-state index contributed by atoms with van der Waals surface area (Å²) in [4.78, 5) is 13.3. The fraction of sp³-hybridized carbons (Fsp3) is 0.909. The van der Waals surface area contributed by atoms with Gasteiger partial charge in [0.2, 0.25) is 5.91 Å². The summed E-state index contributed by atoms with van der Waals surface area (Å²) in [5, 5.41) is 22.0. The molecule has 3 atom stereocenters. The SMILES string of the molecule is O=C(CCC1CCNC1)N1CC(O)C(O)C1. The Balaban J connectivity index is 1.71. The van der Waals surface area contributed by atoms with Crippen LogP contribution in [0.5, 0.6) is 0 Å². The van der Waals surface area contributed by atoms with Crippen LogP contribution in [0.1, 0.15) is 19.3 Å². The lowest BCUT2D eigenvalue weighted by Crippen LogP contribution is -2.30. The molecule has 3 unspecified atom stereocenters. The van der Waals surface area contributed by atoms with Crippen LogP contribution in [0.3, 0.4) is 0 Å². The van der Waals surface area contributed by atoms with Gasteiger partial charge < -0.3 is 20.4 Å². The Hall–Kier alpha value is -0.650. The van der Waals surface area contributed by atoms with Gasteiger partial charge in [-0.3, -0.25) is 4.79 Å². The molecule has 16 heavy (non-hydrogen) atoms. The van der Waals surface area contributed by atoms with E-state index in [9.17, 15) is 15.0 Å². The molecule has 5 nitrogen and oxygen atoms in total. The summed E-state index contributed by atoms with van der Waals surface area (Å²) in [5.41, 5.74) is 0. The van der Waals surface area contributed by atoms with E-state index >= 15 is 0 Å². The number of nitrogens with one attached hydrogen (secondary N) is 1. The quantitative estimate of drug-likeness (QED) is 0.576. The van der Waals surface area contributed by atoms with Crippen molar-refractivity contribution in [1.82, 2.24) is 10.2 Å². The molecule has 92 valence electrons. The van der Waals surface area contributed by atoms with Crippen LogP contribution >= 0.6 is 0 Å². The molecule has 2 rings (SSSR count). The first-order valence-electron chi connectivity index (χ1n) is 6.01. The second-order valence-electron chi connectivity index (χ2n) is 4.83. The number of amides is 1. The highest BCUT2D eigenvalue weighted by molar-refractivity contribution is 5.76. The van der Waals surface area contributed by atoms with E-state index in [2.05, 4.69) is 5.32 Å². The van der Waals surface area contributed by atoms with Gasteiger partial charge in [-0.15, -0.1) is 0 Å². The third-order valence-corrected chi connectivity index (χ3v) is 3.54. The van der Waals surface area contributed by atoms with Crippen molar-refractivity contribution in [3.63, 3.8) is 0 Å². The van der Waals surface area contributed by atoms with Crippen molar-refractivity contribution in [2.75, 3.05) is 26.2 Å². The van der Waals surface area contributed by atoms with Crippen molar-refractivity contribution in [2.45, 2.75) is 31.5 Å². The number of aliphatic hydroxyl groups excluding tert-OH is 2. The van der Waals surface area contributed by atoms with Gasteiger partial charge in [-0.25, -0.2) is 0 Å². The van der Waals surface area contributed by atoms with Crippen LogP contribution in [0, 0.1) is 5.92 Å². The maximum atomic E-state index is 11.8. The number of likely N-dealkylation sites (tertiary alicyclic amines) is 1. The Morgan fingerprint density at radius 3 is 2.56 bits per heavy atom. The second kappa shape index (κ2) is 5.12. The number of hydrogen-bond acceptors (Lipinski definition) is 4. The van der Waals surface area contributed by atoms with Gasteiger partial charge in [-0.2, -0.15) is 0 Å². The summed E-state index contributed by atoms with van der Waals surface area (Å²) in [7, 11) is 0. The van der Waals surface area contributed by atoms with Crippen LogP contribution in [0.2, 0.25) is 0 Å². The summed E-state index contributed by atoms with van der Waals surface area (Å²) < 4.78 is 0. The Morgan fingerprint density at radius 1 is 1.31 bits per heavy atom. The minimum absolute atomic E-state index is 0.0579. The average molecular weight is 228 g/mol. The van der Waals surface area contributed by atoms with Gasteiger partial charge in [0.1, 0.15) is 0 Å². The monoisotopic (exact) mass is 228 g/mol. The standard InChI is InChI=1S/C11H20N2O3/c14-9-6-13(7-10(9)15)11(16)2-1-8-3-4-12-5-8/h8-10,12,14-15H,1-7H2.